The highest BCUT2D eigenvalue weighted by atomic mass is 35.5. The molecule has 0 radical (unpaired) electrons. The number of halogens is 3. The second-order valence-electron chi connectivity index (χ2n) is 14.9. The summed E-state index contributed by atoms with van der Waals surface area (Å²) in [5.74, 6) is 4.87. The molecule has 0 unspecified atom stereocenters. The summed E-state index contributed by atoms with van der Waals surface area (Å²) in [6, 6.07) is 31.0. The number of guanidine groups is 1. The molecule has 2 aromatic heterocycles. The third-order valence-electron chi connectivity index (χ3n) is 9.46. The highest BCUT2D eigenvalue weighted by molar-refractivity contribution is 6.32. The van der Waals surface area contributed by atoms with E-state index in [1.54, 1.807) is 36.4 Å². The number of aliphatic hydroxyl groups is 1. The fourth-order valence-electron chi connectivity index (χ4n) is 6.97. The Labute approximate surface area is 338 Å². The van der Waals surface area contributed by atoms with E-state index in [-0.39, 0.29) is 35.3 Å². The molecule has 0 bridgehead atoms. The maximum absolute atomic E-state index is 15.3. The van der Waals surface area contributed by atoms with Crippen molar-refractivity contribution in [2.75, 3.05) is 6.61 Å². The van der Waals surface area contributed by atoms with Gasteiger partial charge in [0.1, 0.15) is 24.2 Å². The molecule has 0 aliphatic carbocycles. The molecule has 1 aliphatic rings. The molecule has 14 heteroatoms. The molecule has 6 aromatic rings. The molecule has 0 saturated carbocycles. The quantitative estimate of drug-likeness (QED) is 0.140. The number of aliphatic imine (C=N–C) groups is 1. The van der Waals surface area contributed by atoms with E-state index < -0.39 is 47.9 Å². The average Bonchev–Trinajstić information content (AvgIpc) is 3.80. The van der Waals surface area contributed by atoms with Crippen molar-refractivity contribution in [3.8, 4) is 17.5 Å². The van der Waals surface area contributed by atoms with E-state index in [0.29, 0.717) is 16.8 Å². The molecule has 3 heterocycles. The number of ether oxygens (including phenoxy) is 1. The zero-order chi connectivity index (χ0) is 41.0. The van der Waals surface area contributed by atoms with Gasteiger partial charge in [-0.3, -0.25) is 9.69 Å². The number of aromatic nitrogens is 4. The first-order chi connectivity index (χ1) is 27.8. The number of aliphatic hydroxyl groups excluding tert-OH is 1. The summed E-state index contributed by atoms with van der Waals surface area (Å²) in [5.41, 5.74) is 1.67. The second-order valence-corrected chi connectivity index (χ2v) is 15.3. The van der Waals surface area contributed by atoms with Crippen LogP contribution in [0.4, 0.5) is 13.6 Å². The van der Waals surface area contributed by atoms with Gasteiger partial charge in [0.25, 0.3) is 12.3 Å². The normalized spacial score (nSPS) is 16.7. The van der Waals surface area contributed by atoms with Crippen molar-refractivity contribution < 1.29 is 28.2 Å². The van der Waals surface area contributed by atoms with E-state index in [1.165, 1.54) is 17.0 Å². The summed E-state index contributed by atoms with van der Waals surface area (Å²) < 4.78 is 34.2. The third kappa shape index (κ3) is 8.44. The summed E-state index contributed by atoms with van der Waals surface area (Å²) in [6.45, 7) is 5.19. The topological polar surface area (TPSA) is 135 Å². The van der Waals surface area contributed by atoms with Crippen LogP contribution in [0.2, 0.25) is 5.02 Å². The van der Waals surface area contributed by atoms with Crippen molar-refractivity contribution in [3.05, 3.63) is 154 Å². The maximum Gasteiger partial charge on any atom is 0.437 e. The number of hydrogen-bond acceptors (Lipinski definition) is 7. The van der Waals surface area contributed by atoms with Gasteiger partial charge in [-0.2, -0.15) is 5.10 Å². The average molecular weight is 802 g/mol. The molecule has 0 spiro atoms. The minimum atomic E-state index is -2.97. The Morgan fingerprint density at radius 2 is 1.72 bits per heavy atom. The number of carbonyl (C=O) groups excluding carboxylic acids is 2. The van der Waals surface area contributed by atoms with E-state index in [0.717, 1.165) is 27.5 Å². The zero-order valence-electron chi connectivity index (χ0n) is 31.7. The summed E-state index contributed by atoms with van der Waals surface area (Å²) in [7, 11) is 0. The highest BCUT2D eigenvalue weighted by Gasteiger charge is 2.55. The van der Waals surface area contributed by atoms with Gasteiger partial charge in [0, 0.05) is 10.9 Å². The van der Waals surface area contributed by atoms with E-state index in [2.05, 4.69) is 32.2 Å². The smallest absolute Gasteiger partial charge is 0.437 e. The van der Waals surface area contributed by atoms with E-state index in [4.69, 9.17) is 21.3 Å². The molecule has 58 heavy (non-hydrogen) atoms. The minimum absolute atomic E-state index is 0.0431. The predicted molar refractivity (Wildman–Crippen MR) is 215 cm³/mol. The lowest BCUT2D eigenvalue weighted by molar-refractivity contribution is -0.134. The van der Waals surface area contributed by atoms with Crippen LogP contribution in [0.5, 0.6) is 0 Å². The molecule has 1 aliphatic heterocycles. The molecule has 2 N–H and O–H groups in total. The fourth-order valence-corrected chi connectivity index (χ4v) is 7.16. The first kappa shape index (κ1) is 39.7. The van der Waals surface area contributed by atoms with E-state index in [9.17, 15) is 18.7 Å². The van der Waals surface area contributed by atoms with Gasteiger partial charge in [0.2, 0.25) is 5.96 Å². The van der Waals surface area contributed by atoms with Gasteiger partial charge in [0.05, 0.1) is 28.9 Å². The Hall–Kier alpha value is -6.49. The number of alkyl halides is 2. The Bertz CT molecular complexity index is 2570. The van der Waals surface area contributed by atoms with Crippen LogP contribution in [0.25, 0.3) is 16.6 Å². The van der Waals surface area contributed by atoms with Crippen molar-refractivity contribution in [1.29, 1.82) is 0 Å². The number of nitrogens with one attached hydrogen (secondary N) is 1. The molecular weight excluding hydrogens is 764 g/mol. The van der Waals surface area contributed by atoms with Gasteiger partial charge in [0.15, 0.2) is 5.82 Å². The van der Waals surface area contributed by atoms with Crippen LogP contribution in [-0.2, 0) is 21.7 Å². The van der Waals surface area contributed by atoms with Crippen molar-refractivity contribution in [3.63, 3.8) is 0 Å². The van der Waals surface area contributed by atoms with Crippen LogP contribution in [0.1, 0.15) is 73.4 Å². The van der Waals surface area contributed by atoms with Crippen LogP contribution < -0.4 is 5.32 Å². The predicted octanol–water partition coefficient (Wildman–Crippen LogP) is 8.30. The number of rotatable bonds is 9. The van der Waals surface area contributed by atoms with Gasteiger partial charge >= 0.3 is 6.09 Å². The van der Waals surface area contributed by atoms with E-state index in [1.807, 2.05) is 81.4 Å². The fraction of sp³-hybridized carbons (Fsp3) is 0.227. The highest BCUT2D eigenvalue weighted by Crippen LogP contribution is 2.43. The third-order valence-corrected chi connectivity index (χ3v) is 9.78. The lowest BCUT2D eigenvalue weighted by atomic mass is 9.75. The number of amides is 2. The van der Waals surface area contributed by atoms with Crippen LogP contribution in [0.3, 0.4) is 0 Å². The summed E-state index contributed by atoms with van der Waals surface area (Å²) in [4.78, 5) is 42.7. The standard InChI is InChI=1S/C44H38ClF2N7O4/c1-43(2,3)26-44(32-17-21-35-30(22-32)15-19-33(50-35)18-14-28-10-6-4-7-11-28)40(56)53(41(52-44)51-42(57)58-25-29-12-8-5-9-13-29)37(24-55)31-16-20-34(45)36(23-31)54-39(38(46)47)48-27-49-54/h4-13,15-17,19-23,27,37-38,55H,24-26H2,1-3H3,(H,51,52,57)/t37-,44-/m1/s1. The molecule has 294 valence electrons. The van der Waals surface area contributed by atoms with Gasteiger partial charge < -0.3 is 15.2 Å². The van der Waals surface area contributed by atoms with Crippen molar-refractivity contribution >= 4 is 40.5 Å². The van der Waals surface area contributed by atoms with Crippen LogP contribution in [0.15, 0.2) is 121 Å². The molecule has 2 atom stereocenters. The Morgan fingerprint density at radius 1 is 0.983 bits per heavy atom. The molecule has 7 rings (SSSR count). The van der Waals surface area contributed by atoms with Crippen molar-refractivity contribution in [2.45, 2.75) is 51.8 Å². The monoisotopic (exact) mass is 801 g/mol. The van der Waals surface area contributed by atoms with Crippen LogP contribution in [0, 0.1) is 17.3 Å². The van der Waals surface area contributed by atoms with Gasteiger partial charge in [-0.05, 0) is 83.0 Å². The first-order valence-electron chi connectivity index (χ1n) is 18.3. The van der Waals surface area contributed by atoms with Gasteiger partial charge in [-0.25, -0.2) is 28.2 Å². The molecule has 4 aromatic carbocycles. The van der Waals surface area contributed by atoms with Gasteiger partial charge in [-0.15, -0.1) is 4.99 Å². The molecular formula is C44H38ClF2N7O4. The molecule has 11 nitrogen and oxygen atoms in total. The first-order valence-corrected chi connectivity index (χ1v) is 18.7. The minimum Gasteiger partial charge on any atom is -0.443 e. The lowest BCUT2D eigenvalue weighted by Crippen LogP contribution is -2.47. The van der Waals surface area contributed by atoms with Crippen molar-refractivity contribution in [1.82, 2.24) is 30.0 Å². The summed E-state index contributed by atoms with van der Waals surface area (Å²) in [6.07, 6.45) is -2.76. The van der Waals surface area contributed by atoms with E-state index >= 15 is 4.79 Å². The number of carbonyl (C=O) groups is 2. The molecule has 1 saturated heterocycles. The number of hydrogen-bond donors (Lipinski definition) is 2. The van der Waals surface area contributed by atoms with Crippen LogP contribution >= 0.6 is 11.6 Å². The van der Waals surface area contributed by atoms with Crippen molar-refractivity contribution in [2.24, 2.45) is 10.4 Å². The van der Waals surface area contributed by atoms with Crippen LogP contribution in [-0.4, -0.2) is 54.3 Å². The molecule has 2 amide bonds. The maximum atomic E-state index is 15.3. The van der Waals surface area contributed by atoms with Gasteiger partial charge in [-0.1, -0.05) is 99.0 Å². The summed E-state index contributed by atoms with van der Waals surface area (Å²) >= 11 is 6.50. The zero-order valence-corrected chi connectivity index (χ0v) is 32.5. The second kappa shape index (κ2) is 16.5. The Kier molecular flexibility index (Phi) is 11.3. The Morgan fingerprint density at radius 3 is 2.43 bits per heavy atom. The SMILES string of the molecule is CC(C)(C)C[C@]1(c2ccc3nc(C#Cc4ccccc4)ccc3c2)N/C(=N\C(=O)OCc2ccccc2)N([C@H](CO)c2ccc(Cl)c(-n3ncnc3C(F)F)c2)C1=O. The number of benzene rings is 4. The lowest BCUT2D eigenvalue weighted by Gasteiger charge is -2.35. The summed E-state index contributed by atoms with van der Waals surface area (Å²) in [5, 5.41) is 19.1. The Balaban J connectivity index is 1.32. The number of nitrogens with zero attached hydrogens (tertiary/aromatic N) is 6. The molecule has 1 fully saturated rings. The largest absolute Gasteiger partial charge is 0.443 e. The number of pyridine rings is 1. The number of fused-ring (bicyclic) bond motifs is 1.